The van der Waals surface area contributed by atoms with E-state index in [-0.39, 0.29) is 5.02 Å². The number of carbonyl (C=O) groups excluding carboxylic acids is 1. The van der Waals surface area contributed by atoms with E-state index in [4.69, 9.17) is 11.6 Å². The highest BCUT2D eigenvalue weighted by molar-refractivity contribution is 7.89. The predicted octanol–water partition coefficient (Wildman–Crippen LogP) is 0.699. The summed E-state index contributed by atoms with van der Waals surface area (Å²) in [6.45, 7) is -0.626. The molecule has 0 heterocycles. The van der Waals surface area contributed by atoms with E-state index in [1.54, 1.807) is 0 Å². The second-order valence-electron chi connectivity index (χ2n) is 3.27. The molecule has 19 heavy (non-hydrogen) atoms. The summed E-state index contributed by atoms with van der Waals surface area (Å²) < 4.78 is 29.8. The maximum atomic E-state index is 11.8. The van der Waals surface area contributed by atoms with Crippen molar-refractivity contribution in [2.75, 3.05) is 13.7 Å². The number of rotatable bonds is 5. The van der Waals surface area contributed by atoms with Crippen molar-refractivity contribution >= 4 is 33.3 Å². The van der Waals surface area contributed by atoms with Crippen LogP contribution in [-0.4, -0.2) is 33.0 Å². The van der Waals surface area contributed by atoms with Gasteiger partial charge in [0.25, 0.3) is 5.69 Å². The Balaban J connectivity index is 3.14. The summed E-state index contributed by atoms with van der Waals surface area (Å²) in [6, 6.07) is 3.09. The first-order valence-electron chi connectivity index (χ1n) is 4.78. The van der Waals surface area contributed by atoms with Crippen molar-refractivity contribution < 1.29 is 22.9 Å². The predicted molar refractivity (Wildman–Crippen MR) is 65.3 cm³/mol. The highest BCUT2D eigenvalue weighted by atomic mass is 35.5. The van der Waals surface area contributed by atoms with E-state index in [9.17, 15) is 23.3 Å². The third-order valence-corrected chi connectivity index (χ3v) is 3.73. The van der Waals surface area contributed by atoms with Crippen molar-refractivity contribution in [3.8, 4) is 0 Å². The molecule has 1 N–H and O–H groups in total. The summed E-state index contributed by atoms with van der Waals surface area (Å²) in [5, 5.41) is 10.8. The van der Waals surface area contributed by atoms with Crippen LogP contribution in [0, 0.1) is 10.1 Å². The Morgan fingerprint density at radius 3 is 2.68 bits per heavy atom. The van der Waals surface area contributed by atoms with Crippen LogP contribution >= 0.6 is 11.6 Å². The zero-order chi connectivity index (χ0) is 14.6. The molecule has 0 radical (unpaired) electrons. The Hall–Kier alpha value is -1.71. The van der Waals surface area contributed by atoms with Crippen molar-refractivity contribution in [2.45, 2.75) is 4.90 Å². The summed E-state index contributed by atoms with van der Waals surface area (Å²) in [6.07, 6.45) is 0. The molecule has 0 atom stereocenters. The Bertz CT molecular complexity index is 615. The van der Waals surface area contributed by atoms with Crippen LogP contribution in [-0.2, 0) is 19.6 Å². The molecule has 8 nitrogen and oxygen atoms in total. The molecular weight excluding hydrogens is 300 g/mol. The van der Waals surface area contributed by atoms with Crippen LogP contribution in [0.4, 0.5) is 5.69 Å². The van der Waals surface area contributed by atoms with Crippen molar-refractivity contribution in [3.05, 3.63) is 33.3 Å². The van der Waals surface area contributed by atoms with Crippen LogP contribution in [0.15, 0.2) is 23.1 Å². The minimum atomic E-state index is -4.21. The quantitative estimate of drug-likeness (QED) is 0.486. The third kappa shape index (κ3) is 3.88. The van der Waals surface area contributed by atoms with E-state index >= 15 is 0 Å². The minimum Gasteiger partial charge on any atom is -0.468 e. The molecule has 0 saturated heterocycles. The first-order chi connectivity index (χ1) is 8.77. The Labute approximate surface area is 113 Å². The van der Waals surface area contributed by atoms with Crippen LogP contribution in [0.5, 0.6) is 0 Å². The monoisotopic (exact) mass is 308 g/mol. The molecule has 0 aliphatic rings. The van der Waals surface area contributed by atoms with Gasteiger partial charge in [-0.05, 0) is 12.1 Å². The van der Waals surface area contributed by atoms with Gasteiger partial charge < -0.3 is 4.74 Å². The maximum Gasteiger partial charge on any atom is 0.320 e. The van der Waals surface area contributed by atoms with Gasteiger partial charge in [-0.2, -0.15) is 4.72 Å². The molecule has 104 valence electrons. The lowest BCUT2D eigenvalue weighted by Crippen LogP contribution is -2.30. The number of ether oxygens (including phenoxy) is 1. The number of nitrogens with zero attached hydrogens (tertiary/aromatic N) is 1. The van der Waals surface area contributed by atoms with Crippen LogP contribution in [0.25, 0.3) is 0 Å². The number of nitro groups is 1. The molecule has 0 aliphatic carbocycles. The number of carbonyl (C=O) groups is 1. The summed E-state index contributed by atoms with van der Waals surface area (Å²) in [4.78, 5) is 20.2. The smallest absolute Gasteiger partial charge is 0.320 e. The SMILES string of the molecule is COC(=O)CNS(=O)(=O)c1ccc(Cl)cc1[N+](=O)[O-]. The topological polar surface area (TPSA) is 116 Å². The molecule has 0 bridgehead atoms. The van der Waals surface area contributed by atoms with Gasteiger partial charge in [-0.25, -0.2) is 8.42 Å². The van der Waals surface area contributed by atoms with Gasteiger partial charge >= 0.3 is 5.97 Å². The van der Waals surface area contributed by atoms with Crippen molar-refractivity contribution in [2.24, 2.45) is 0 Å². The molecule has 0 spiro atoms. The van der Waals surface area contributed by atoms with Crippen molar-refractivity contribution in [1.29, 1.82) is 0 Å². The average Bonchev–Trinajstić information content (AvgIpc) is 2.35. The van der Waals surface area contributed by atoms with Crippen LogP contribution < -0.4 is 4.72 Å². The number of nitro benzene ring substituents is 1. The van der Waals surface area contributed by atoms with E-state index in [1.165, 1.54) is 6.07 Å². The van der Waals surface area contributed by atoms with Crippen LogP contribution in [0.1, 0.15) is 0 Å². The number of sulfonamides is 1. The van der Waals surface area contributed by atoms with Crippen molar-refractivity contribution in [3.63, 3.8) is 0 Å². The first-order valence-corrected chi connectivity index (χ1v) is 6.64. The van der Waals surface area contributed by atoms with Crippen molar-refractivity contribution in [1.82, 2.24) is 4.72 Å². The van der Waals surface area contributed by atoms with Gasteiger partial charge in [0.05, 0.1) is 12.0 Å². The molecule has 0 aliphatic heterocycles. The molecule has 0 saturated carbocycles. The number of benzene rings is 1. The Morgan fingerprint density at radius 1 is 1.53 bits per heavy atom. The summed E-state index contributed by atoms with van der Waals surface area (Å²) >= 11 is 5.57. The van der Waals surface area contributed by atoms with Gasteiger partial charge in [0, 0.05) is 11.1 Å². The molecule has 1 aromatic rings. The molecule has 10 heteroatoms. The van der Waals surface area contributed by atoms with Gasteiger partial charge in [0.15, 0.2) is 4.90 Å². The van der Waals surface area contributed by atoms with E-state index < -0.39 is 38.0 Å². The van der Waals surface area contributed by atoms with E-state index in [1.807, 2.05) is 4.72 Å². The Morgan fingerprint density at radius 2 is 2.16 bits per heavy atom. The summed E-state index contributed by atoms with van der Waals surface area (Å²) in [5.74, 6) is -0.819. The molecule has 1 aromatic carbocycles. The normalized spacial score (nSPS) is 11.1. The lowest BCUT2D eigenvalue weighted by Gasteiger charge is -2.06. The number of nitrogens with one attached hydrogen (secondary N) is 1. The lowest BCUT2D eigenvalue weighted by molar-refractivity contribution is -0.387. The van der Waals surface area contributed by atoms with Gasteiger partial charge in [-0.3, -0.25) is 14.9 Å². The average molecular weight is 309 g/mol. The minimum absolute atomic E-state index is 0.0265. The molecular formula is C9H9ClN2O6S. The van der Waals surface area contributed by atoms with Gasteiger partial charge in [0.2, 0.25) is 10.0 Å². The maximum absolute atomic E-state index is 11.8. The molecule has 0 aromatic heterocycles. The number of hydrogen-bond donors (Lipinski definition) is 1. The Kier molecular flexibility index (Phi) is 4.81. The second-order valence-corrected chi connectivity index (χ2v) is 5.44. The molecule has 0 unspecified atom stereocenters. The van der Waals surface area contributed by atoms with E-state index in [0.29, 0.717) is 0 Å². The zero-order valence-electron chi connectivity index (χ0n) is 9.62. The second kappa shape index (κ2) is 5.95. The first kappa shape index (κ1) is 15.3. The lowest BCUT2D eigenvalue weighted by atomic mass is 10.3. The summed E-state index contributed by atoms with van der Waals surface area (Å²) in [7, 11) is -3.12. The number of methoxy groups -OCH3 is 1. The number of hydrogen-bond acceptors (Lipinski definition) is 6. The third-order valence-electron chi connectivity index (χ3n) is 2.04. The van der Waals surface area contributed by atoms with Crippen LogP contribution in [0.2, 0.25) is 5.02 Å². The van der Waals surface area contributed by atoms with Gasteiger partial charge in [-0.1, -0.05) is 11.6 Å². The number of esters is 1. The highest BCUT2D eigenvalue weighted by Gasteiger charge is 2.26. The fraction of sp³-hybridized carbons (Fsp3) is 0.222. The highest BCUT2D eigenvalue weighted by Crippen LogP contribution is 2.26. The van der Waals surface area contributed by atoms with Crippen LogP contribution in [0.3, 0.4) is 0 Å². The largest absolute Gasteiger partial charge is 0.468 e. The standard InChI is InChI=1S/C9H9ClN2O6S/c1-18-9(13)5-11-19(16,17)8-3-2-6(10)4-7(8)12(14)15/h2-4,11H,5H2,1H3. The zero-order valence-corrected chi connectivity index (χ0v) is 11.2. The van der Waals surface area contributed by atoms with Gasteiger partial charge in [0.1, 0.15) is 6.54 Å². The molecule has 0 fully saturated rings. The molecule has 0 amide bonds. The fourth-order valence-corrected chi connectivity index (χ4v) is 2.45. The van der Waals surface area contributed by atoms with E-state index in [2.05, 4.69) is 4.74 Å². The summed E-state index contributed by atoms with van der Waals surface area (Å²) in [5.41, 5.74) is -0.676. The van der Waals surface area contributed by atoms with Gasteiger partial charge in [-0.15, -0.1) is 0 Å². The van der Waals surface area contributed by atoms with E-state index in [0.717, 1.165) is 19.2 Å². The molecule has 1 rings (SSSR count). The number of halogens is 1. The fourth-order valence-electron chi connectivity index (χ4n) is 1.16.